The van der Waals surface area contributed by atoms with Gasteiger partial charge in [-0.15, -0.1) is 11.8 Å². The highest BCUT2D eigenvalue weighted by molar-refractivity contribution is 8.00. The molecule has 1 unspecified atom stereocenters. The average Bonchev–Trinajstić information content (AvgIpc) is 3.16. The third-order valence-electron chi connectivity index (χ3n) is 3.11. The van der Waals surface area contributed by atoms with Crippen molar-refractivity contribution in [3.63, 3.8) is 0 Å². The molecule has 18 heavy (non-hydrogen) atoms. The first-order valence-electron chi connectivity index (χ1n) is 6.37. The van der Waals surface area contributed by atoms with Crippen LogP contribution in [0.5, 0.6) is 0 Å². The molecule has 98 valence electrons. The first-order chi connectivity index (χ1) is 8.70. The second kappa shape index (κ2) is 6.25. The Morgan fingerprint density at radius 3 is 2.83 bits per heavy atom. The molecule has 0 aromatic heterocycles. The Balaban J connectivity index is 1.88. The zero-order chi connectivity index (χ0) is 13.0. The van der Waals surface area contributed by atoms with Gasteiger partial charge < -0.3 is 11.1 Å². The molecule has 0 bridgehead atoms. The van der Waals surface area contributed by atoms with Gasteiger partial charge in [-0.1, -0.05) is 24.3 Å². The summed E-state index contributed by atoms with van der Waals surface area (Å²) in [5.74, 6) is 0.627. The topological polar surface area (TPSA) is 55.1 Å². The quantitative estimate of drug-likeness (QED) is 0.826. The maximum atomic E-state index is 11.7. The summed E-state index contributed by atoms with van der Waals surface area (Å²) in [6.45, 7) is 2.65. The fraction of sp³-hybridized carbons (Fsp3) is 0.500. The largest absolute Gasteiger partial charge is 0.353 e. The van der Waals surface area contributed by atoms with Gasteiger partial charge in [0.25, 0.3) is 0 Å². The van der Waals surface area contributed by atoms with Gasteiger partial charge in [0.05, 0.1) is 5.75 Å². The van der Waals surface area contributed by atoms with Crippen molar-refractivity contribution in [3.05, 3.63) is 35.4 Å². The highest BCUT2D eigenvalue weighted by Crippen LogP contribution is 2.30. The van der Waals surface area contributed by atoms with E-state index in [2.05, 4.69) is 24.4 Å². The number of benzene rings is 1. The lowest BCUT2D eigenvalue weighted by molar-refractivity contribution is -0.118. The van der Waals surface area contributed by atoms with Crippen LogP contribution in [0.2, 0.25) is 0 Å². The summed E-state index contributed by atoms with van der Waals surface area (Å²) >= 11 is 1.63. The van der Waals surface area contributed by atoms with Crippen LogP contribution in [0.1, 0.15) is 29.2 Å². The maximum Gasteiger partial charge on any atom is 0.230 e. The molecule has 2 rings (SSSR count). The van der Waals surface area contributed by atoms with Gasteiger partial charge in [0.15, 0.2) is 0 Å². The van der Waals surface area contributed by atoms with Gasteiger partial charge in [-0.2, -0.15) is 0 Å². The number of amides is 1. The second-order valence-electron chi connectivity index (χ2n) is 4.73. The van der Waals surface area contributed by atoms with Crippen LogP contribution in [-0.4, -0.2) is 24.2 Å². The maximum absolute atomic E-state index is 11.7. The van der Waals surface area contributed by atoms with E-state index in [1.54, 1.807) is 11.8 Å². The molecule has 0 radical (unpaired) electrons. The van der Waals surface area contributed by atoms with Gasteiger partial charge in [0.2, 0.25) is 5.91 Å². The molecule has 1 saturated carbocycles. The Labute approximate surface area is 113 Å². The van der Waals surface area contributed by atoms with E-state index in [-0.39, 0.29) is 11.2 Å². The minimum absolute atomic E-state index is 0.134. The molecular formula is C14H20N2OS. The monoisotopic (exact) mass is 264 g/mol. The number of carbonyl (C=O) groups excluding carboxylic acids is 1. The van der Waals surface area contributed by atoms with Crippen LogP contribution < -0.4 is 11.1 Å². The molecule has 1 aliphatic carbocycles. The van der Waals surface area contributed by atoms with E-state index in [1.165, 1.54) is 11.1 Å². The lowest BCUT2D eigenvalue weighted by Gasteiger charge is -2.17. The highest BCUT2D eigenvalue weighted by Gasteiger charge is 2.23. The fourth-order valence-corrected chi connectivity index (χ4v) is 2.92. The first-order valence-corrected chi connectivity index (χ1v) is 7.42. The van der Waals surface area contributed by atoms with Crippen molar-refractivity contribution in [2.24, 2.45) is 5.73 Å². The van der Waals surface area contributed by atoms with E-state index >= 15 is 0 Å². The van der Waals surface area contributed by atoms with Gasteiger partial charge in [-0.25, -0.2) is 0 Å². The number of nitrogens with one attached hydrogen (secondary N) is 1. The lowest BCUT2D eigenvalue weighted by atomic mass is 10.1. The smallest absolute Gasteiger partial charge is 0.230 e. The summed E-state index contributed by atoms with van der Waals surface area (Å²) < 4.78 is 0. The number of aryl methyl sites for hydroxylation is 1. The molecule has 1 atom stereocenters. The van der Waals surface area contributed by atoms with Gasteiger partial charge in [0, 0.05) is 17.8 Å². The fourth-order valence-electron chi connectivity index (χ4n) is 1.91. The molecule has 4 heteroatoms. The number of rotatable bonds is 6. The van der Waals surface area contributed by atoms with E-state index in [0.29, 0.717) is 18.3 Å². The number of carbonyl (C=O) groups is 1. The lowest BCUT2D eigenvalue weighted by Crippen LogP contribution is -2.27. The van der Waals surface area contributed by atoms with Crippen molar-refractivity contribution in [3.8, 4) is 0 Å². The van der Waals surface area contributed by atoms with Crippen molar-refractivity contribution in [2.75, 3.05) is 12.3 Å². The zero-order valence-electron chi connectivity index (χ0n) is 10.7. The molecule has 0 saturated heterocycles. The van der Waals surface area contributed by atoms with E-state index in [9.17, 15) is 4.79 Å². The molecular weight excluding hydrogens is 244 g/mol. The standard InChI is InChI=1S/C14H20N2OS/c1-10-4-2-3-5-12(10)13(8-15)18-9-14(17)16-11-6-7-11/h2-5,11,13H,6-9,15H2,1H3,(H,16,17). The Morgan fingerprint density at radius 1 is 1.50 bits per heavy atom. The molecule has 1 amide bonds. The molecule has 0 aliphatic heterocycles. The molecule has 1 aromatic carbocycles. The summed E-state index contributed by atoms with van der Waals surface area (Å²) in [6, 6.07) is 8.67. The molecule has 1 aromatic rings. The van der Waals surface area contributed by atoms with Crippen molar-refractivity contribution < 1.29 is 4.79 Å². The van der Waals surface area contributed by atoms with Crippen LogP contribution in [0.4, 0.5) is 0 Å². The summed E-state index contributed by atoms with van der Waals surface area (Å²) in [5, 5.41) is 3.20. The van der Waals surface area contributed by atoms with Crippen LogP contribution in [0.15, 0.2) is 24.3 Å². The van der Waals surface area contributed by atoms with E-state index in [0.717, 1.165) is 12.8 Å². The molecule has 1 aliphatic rings. The number of hydrogen-bond acceptors (Lipinski definition) is 3. The van der Waals surface area contributed by atoms with Crippen LogP contribution in [0.3, 0.4) is 0 Å². The van der Waals surface area contributed by atoms with Gasteiger partial charge in [-0.05, 0) is 30.9 Å². The molecule has 0 spiro atoms. The first kappa shape index (κ1) is 13.4. The average molecular weight is 264 g/mol. The molecule has 3 N–H and O–H groups in total. The second-order valence-corrected chi connectivity index (χ2v) is 5.92. The van der Waals surface area contributed by atoms with Gasteiger partial charge >= 0.3 is 0 Å². The predicted octanol–water partition coefficient (Wildman–Crippen LogP) is 2.01. The van der Waals surface area contributed by atoms with Gasteiger partial charge in [0.1, 0.15) is 0 Å². The van der Waals surface area contributed by atoms with Crippen molar-refractivity contribution >= 4 is 17.7 Å². The summed E-state index contributed by atoms with van der Waals surface area (Å²) in [4.78, 5) is 11.7. The minimum atomic E-state index is 0.134. The number of hydrogen-bond donors (Lipinski definition) is 2. The van der Waals surface area contributed by atoms with Crippen LogP contribution in [0, 0.1) is 6.92 Å². The Kier molecular flexibility index (Phi) is 4.66. The Morgan fingerprint density at radius 2 is 2.22 bits per heavy atom. The summed E-state index contributed by atoms with van der Waals surface area (Å²) in [6.07, 6.45) is 2.27. The summed E-state index contributed by atoms with van der Waals surface area (Å²) in [7, 11) is 0. The third-order valence-corrected chi connectivity index (χ3v) is 4.39. The normalized spacial score (nSPS) is 16.3. The molecule has 3 nitrogen and oxygen atoms in total. The highest BCUT2D eigenvalue weighted by atomic mass is 32.2. The minimum Gasteiger partial charge on any atom is -0.353 e. The van der Waals surface area contributed by atoms with E-state index < -0.39 is 0 Å². The predicted molar refractivity (Wildman–Crippen MR) is 76.6 cm³/mol. The van der Waals surface area contributed by atoms with Crippen molar-refractivity contribution in [1.29, 1.82) is 0 Å². The zero-order valence-corrected chi connectivity index (χ0v) is 11.5. The SMILES string of the molecule is Cc1ccccc1C(CN)SCC(=O)NC1CC1. The third kappa shape index (κ3) is 3.75. The van der Waals surface area contributed by atoms with Gasteiger partial charge in [-0.3, -0.25) is 4.79 Å². The molecule has 0 heterocycles. The summed E-state index contributed by atoms with van der Waals surface area (Å²) in [5.41, 5.74) is 8.30. The number of thioether (sulfide) groups is 1. The van der Waals surface area contributed by atoms with Crippen LogP contribution >= 0.6 is 11.8 Å². The Bertz CT molecular complexity index is 418. The van der Waals surface area contributed by atoms with E-state index in [4.69, 9.17) is 5.73 Å². The van der Waals surface area contributed by atoms with Crippen molar-refractivity contribution in [2.45, 2.75) is 31.1 Å². The van der Waals surface area contributed by atoms with Crippen LogP contribution in [0.25, 0.3) is 0 Å². The Hall–Kier alpha value is -1.00. The molecule has 1 fully saturated rings. The van der Waals surface area contributed by atoms with Crippen molar-refractivity contribution in [1.82, 2.24) is 5.32 Å². The number of nitrogens with two attached hydrogens (primary N) is 1. The van der Waals surface area contributed by atoms with E-state index in [1.807, 2.05) is 12.1 Å². The van der Waals surface area contributed by atoms with Crippen LogP contribution in [-0.2, 0) is 4.79 Å².